The maximum Gasteiger partial charge on any atom is 0.255 e. The summed E-state index contributed by atoms with van der Waals surface area (Å²) in [5, 5.41) is 3.41. The van der Waals surface area contributed by atoms with E-state index in [0.717, 1.165) is 37.4 Å². The Morgan fingerprint density at radius 3 is 3.00 bits per heavy atom. The zero-order valence-electron chi connectivity index (χ0n) is 11.5. The monoisotopic (exact) mass is 276 g/mol. The fraction of sp³-hybridized carbons (Fsp3) is 0.533. The van der Waals surface area contributed by atoms with Gasteiger partial charge in [0.2, 0.25) is 0 Å². The molecule has 1 N–H and O–H groups in total. The first-order chi connectivity index (χ1) is 9.26. The van der Waals surface area contributed by atoms with Crippen molar-refractivity contribution in [2.75, 3.05) is 25.4 Å². The first kappa shape index (κ1) is 13.0. The zero-order valence-corrected chi connectivity index (χ0v) is 12.3. The van der Waals surface area contributed by atoms with Crippen LogP contribution in [0.3, 0.4) is 0 Å². The number of thioether (sulfide) groups is 1. The van der Waals surface area contributed by atoms with Crippen LogP contribution in [-0.4, -0.2) is 36.2 Å². The van der Waals surface area contributed by atoms with Gasteiger partial charge in [-0.1, -0.05) is 19.9 Å². The smallest absolute Gasteiger partial charge is 0.255 e. The van der Waals surface area contributed by atoms with Gasteiger partial charge in [-0.05, 0) is 29.4 Å². The third kappa shape index (κ3) is 2.07. The molecule has 19 heavy (non-hydrogen) atoms. The minimum atomic E-state index is 0.236. The number of rotatable bonds is 3. The van der Waals surface area contributed by atoms with Crippen LogP contribution in [0.2, 0.25) is 0 Å². The van der Waals surface area contributed by atoms with Crippen LogP contribution in [0.15, 0.2) is 17.0 Å². The number of piperazine rings is 1. The van der Waals surface area contributed by atoms with Gasteiger partial charge in [0, 0.05) is 24.5 Å². The highest BCUT2D eigenvalue weighted by molar-refractivity contribution is 7.99. The molecule has 4 heteroatoms. The van der Waals surface area contributed by atoms with Crippen molar-refractivity contribution in [3.05, 3.63) is 28.8 Å². The zero-order chi connectivity index (χ0) is 13.4. The molecule has 2 aliphatic rings. The second-order valence-electron chi connectivity index (χ2n) is 5.06. The van der Waals surface area contributed by atoms with Crippen molar-refractivity contribution in [1.29, 1.82) is 0 Å². The van der Waals surface area contributed by atoms with E-state index in [0.29, 0.717) is 0 Å². The van der Waals surface area contributed by atoms with Crippen molar-refractivity contribution in [1.82, 2.24) is 10.2 Å². The van der Waals surface area contributed by atoms with Crippen molar-refractivity contribution in [2.45, 2.75) is 31.2 Å². The second kappa shape index (κ2) is 5.17. The topological polar surface area (TPSA) is 32.3 Å². The number of hydrogen-bond acceptors (Lipinski definition) is 3. The SMILES string of the molecule is CCSc1cc(CC)cc2c1C(=O)N1CCNC[C@@H]21. The highest BCUT2D eigenvalue weighted by Gasteiger charge is 2.39. The van der Waals surface area contributed by atoms with Crippen molar-refractivity contribution in [3.63, 3.8) is 0 Å². The molecule has 0 spiro atoms. The number of benzene rings is 1. The number of hydrogen-bond donors (Lipinski definition) is 1. The van der Waals surface area contributed by atoms with Crippen molar-refractivity contribution in [2.24, 2.45) is 0 Å². The summed E-state index contributed by atoms with van der Waals surface area (Å²) in [7, 11) is 0. The van der Waals surface area contributed by atoms with Crippen LogP contribution >= 0.6 is 11.8 Å². The van der Waals surface area contributed by atoms with Gasteiger partial charge >= 0.3 is 0 Å². The molecule has 2 aliphatic heterocycles. The molecule has 3 rings (SSSR count). The summed E-state index contributed by atoms with van der Waals surface area (Å²) in [5.74, 6) is 1.25. The number of carbonyl (C=O) groups is 1. The third-order valence-electron chi connectivity index (χ3n) is 3.98. The molecule has 3 nitrogen and oxygen atoms in total. The van der Waals surface area contributed by atoms with Gasteiger partial charge in [-0.25, -0.2) is 0 Å². The summed E-state index contributed by atoms with van der Waals surface area (Å²) in [4.78, 5) is 15.8. The molecule has 1 atom stereocenters. The van der Waals surface area contributed by atoms with E-state index in [1.54, 1.807) is 11.8 Å². The van der Waals surface area contributed by atoms with Gasteiger partial charge < -0.3 is 10.2 Å². The minimum absolute atomic E-state index is 0.236. The molecule has 0 radical (unpaired) electrons. The third-order valence-corrected chi connectivity index (χ3v) is 4.90. The Morgan fingerprint density at radius 2 is 2.26 bits per heavy atom. The Labute approximate surface area is 118 Å². The number of carbonyl (C=O) groups excluding carboxylic acids is 1. The molecule has 0 aromatic heterocycles. The molecule has 0 saturated carbocycles. The van der Waals surface area contributed by atoms with E-state index in [9.17, 15) is 4.79 Å². The first-order valence-corrected chi connectivity index (χ1v) is 8.06. The predicted molar refractivity (Wildman–Crippen MR) is 78.9 cm³/mol. The van der Waals surface area contributed by atoms with Gasteiger partial charge in [0.05, 0.1) is 11.6 Å². The summed E-state index contributed by atoms with van der Waals surface area (Å²) >= 11 is 1.79. The number of aryl methyl sites for hydroxylation is 1. The molecule has 0 aliphatic carbocycles. The van der Waals surface area contributed by atoms with Gasteiger partial charge in [-0.3, -0.25) is 4.79 Å². The molecule has 102 valence electrons. The fourth-order valence-electron chi connectivity index (χ4n) is 3.03. The number of fused-ring (bicyclic) bond motifs is 3. The van der Waals surface area contributed by atoms with Gasteiger partial charge in [0.1, 0.15) is 0 Å². The van der Waals surface area contributed by atoms with Gasteiger partial charge in [0.15, 0.2) is 0 Å². The quantitative estimate of drug-likeness (QED) is 0.861. The molecule has 1 amide bonds. The lowest BCUT2D eigenvalue weighted by molar-refractivity contribution is 0.0689. The normalized spacial score (nSPS) is 21.5. The van der Waals surface area contributed by atoms with E-state index in [-0.39, 0.29) is 11.9 Å². The van der Waals surface area contributed by atoms with E-state index < -0.39 is 0 Å². The molecule has 2 heterocycles. The average molecular weight is 276 g/mol. The molecular formula is C15H20N2OS. The summed E-state index contributed by atoms with van der Waals surface area (Å²) < 4.78 is 0. The number of nitrogens with one attached hydrogen (secondary N) is 1. The van der Waals surface area contributed by atoms with E-state index in [2.05, 4.69) is 31.3 Å². The van der Waals surface area contributed by atoms with E-state index in [1.165, 1.54) is 16.0 Å². The minimum Gasteiger partial charge on any atom is -0.329 e. The predicted octanol–water partition coefficient (Wildman–Crippen LogP) is 2.46. The number of nitrogens with zero attached hydrogens (tertiary/aromatic N) is 1. The molecule has 1 aromatic rings. The van der Waals surface area contributed by atoms with Crippen LogP contribution in [0.4, 0.5) is 0 Å². The van der Waals surface area contributed by atoms with E-state index in [1.807, 2.05) is 4.90 Å². The summed E-state index contributed by atoms with van der Waals surface area (Å²) in [6.07, 6.45) is 1.03. The Bertz CT molecular complexity index is 515. The van der Waals surface area contributed by atoms with Crippen LogP contribution in [0.25, 0.3) is 0 Å². The van der Waals surface area contributed by atoms with Gasteiger partial charge in [-0.2, -0.15) is 0 Å². The van der Waals surface area contributed by atoms with Crippen LogP contribution < -0.4 is 5.32 Å². The molecule has 1 aromatic carbocycles. The lowest BCUT2D eigenvalue weighted by Gasteiger charge is -2.30. The van der Waals surface area contributed by atoms with Crippen molar-refractivity contribution < 1.29 is 4.79 Å². The lowest BCUT2D eigenvalue weighted by atomic mass is 9.99. The van der Waals surface area contributed by atoms with Crippen LogP contribution in [0.5, 0.6) is 0 Å². The van der Waals surface area contributed by atoms with Gasteiger partial charge in [-0.15, -0.1) is 11.8 Å². The maximum absolute atomic E-state index is 12.6. The Balaban J connectivity index is 2.11. The highest BCUT2D eigenvalue weighted by atomic mass is 32.2. The largest absolute Gasteiger partial charge is 0.329 e. The summed E-state index contributed by atoms with van der Waals surface area (Å²) in [6.45, 7) is 6.95. The number of amides is 1. The van der Waals surface area contributed by atoms with Crippen LogP contribution in [0.1, 0.15) is 41.4 Å². The lowest BCUT2D eigenvalue weighted by Crippen LogP contribution is -2.44. The highest BCUT2D eigenvalue weighted by Crippen LogP contribution is 2.40. The Morgan fingerprint density at radius 1 is 1.42 bits per heavy atom. The second-order valence-corrected chi connectivity index (χ2v) is 6.37. The van der Waals surface area contributed by atoms with Gasteiger partial charge in [0.25, 0.3) is 5.91 Å². The maximum atomic E-state index is 12.6. The van der Waals surface area contributed by atoms with Crippen molar-refractivity contribution in [3.8, 4) is 0 Å². The fourth-order valence-corrected chi connectivity index (χ4v) is 3.93. The average Bonchev–Trinajstić information content (AvgIpc) is 2.73. The molecular weight excluding hydrogens is 256 g/mol. The molecule has 0 unspecified atom stereocenters. The Hall–Kier alpha value is -1.00. The Kier molecular flexibility index (Phi) is 3.54. The molecule has 1 saturated heterocycles. The van der Waals surface area contributed by atoms with E-state index >= 15 is 0 Å². The first-order valence-electron chi connectivity index (χ1n) is 7.07. The van der Waals surface area contributed by atoms with Crippen LogP contribution in [-0.2, 0) is 6.42 Å². The molecule has 0 bridgehead atoms. The van der Waals surface area contributed by atoms with E-state index in [4.69, 9.17) is 0 Å². The summed E-state index contributed by atoms with van der Waals surface area (Å²) in [5.41, 5.74) is 3.56. The summed E-state index contributed by atoms with van der Waals surface area (Å²) in [6, 6.07) is 4.69. The van der Waals surface area contributed by atoms with Crippen LogP contribution in [0, 0.1) is 0 Å². The molecule has 1 fully saturated rings. The van der Waals surface area contributed by atoms with Crippen molar-refractivity contribution >= 4 is 17.7 Å². The standard InChI is InChI=1S/C15H20N2OS/c1-3-10-7-11-12-9-16-5-6-17(12)15(18)14(11)13(8-10)19-4-2/h7-8,12,16H,3-6,9H2,1-2H3/t12-/m0/s1.